The fourth-order valence-electron chi connectivity index (χ4n) is 3.27. The highest BCUT2D eigenvalue weighted by atomic mass is 32.2. The van der Waals surface area contributed by atoms with Crippen molar-refractivity contribution in [3.05, 3.63) is 24.0 Å². The second-order valence-corrected chi connectivity index (χ2v) is 8.81. The van der Waals surface area contributed by atoms with Crippen LogP contribution >= 0.6 is 0 Å². The van der Waals surface area contributed by atoms with E-state index < -0.39 is 27.7 Å². The number of carbonyl (C=O) groups is 1. The summed E-state index contributed by atoms with van der Waals surface area (Å²) in [7, 11) is -3.95. The molecular formula is C17H22FNO6S. The molecule has 0 radical (unpaired) electrons. The van der Waals surface area contributed by atoms with E-state index in [-0.39, 0.29) is 35.6 Å². The molecule has 7 nitrogen and oxygen atoms in total. The minimum absolute atomic E-state index is 0.00551. The second-order valence-electron chi connectivity index (χ2n) is 6.88. The van der Waals surface area contributed by atoms with Crippen LogP contribution in [0.3, 0.4) is 0 Å². The summed E-state index contributed by atoms with van der Waals surface area (Å²) < 4.78 is 51.4. The van der Waals surface area contributed by atoms with Crippen LogP contribution in [-0.4, -0.2) is 56.7 Å². The highest BCUT2D eigenvalue weighted by Crippen LogP contribution is 2.30. The first kappa shape index (κ1) is 19.1. The van der Waals surface area contributed by atoms with Crippen LogP contribution in [0, 0.1) is 23.6 Å². The number of hydrogen-bond donors (Lipinski definition) is 1. The molecule has 2 saturated heterocycles. The summed E-state index contributed by atoms with van der Waals surface area (Å²) >= 11 is 0. The highest BCUT2D eigenvalue weighted by Gasteiger charge is 2.40. The summed E-state index contributed by atoms with van der Waals surface area (Å²) in [6, 6.07) is 3.51. The lowest BCUT2D eigenvalue weighted by molar-refractivity contribution is -0.142. The molecule has 0 aliphatic carbocycles. The van der Waals surface area contributed by atoms with Gasteiger partial charge in [0.25, 0.3) is 0 Å². The third-order valence-corrected chi connectivity index (χ3v) is 6.76. The summed E-state index contributed by atoms with van der Waals surface area (Å²) in [5.41, 5.74) is 0. The Hall–Kier alpha value is -1.71. The first-order valence-corrected chi connectivity index (χ1v) is 9.96. The van der Waals surface area contributed by atoms with Gasteiger partial charge in [0.15, 0.2) is 11.6 Å². The Bertz CT molecular complexity index is 777. The summed E-state index contributed by atoms with van der Waals surface area (Å²) in [5.74, 6) is -2.65. The third kappa shape index (κ3) is 3.84. The van der Waals surface area contributed by atoms with E-state index >= 15 is 0 Å². The maximum Gasteiger partial charge on any atom is 0.308 e. The van der Waals surface area contributed by atoms with Gasteiger partial charge in [0.05, 0.1) is 24.0 Å². The van der Waals surface area contributed by atoms with E-state index in [2.05, 4.69) is 0 Å². The van der Waals surface area contributed by atoms with E-state index in [0.717, 1.165) is 16.8 Å². The van der Waals surface area contributed by atoms with Crippen molar-refractivity contribution in [2.24, 2.45) is 17.8 Å². The van der Waals surface area contributed by atoms with E-state index in [0.29, 0.717) is 19.8 Å². The Labute approximate surface area is 151 Å². The van der Waals surface area contributed by atoms with Crippen LogP contribution in [0.1, 0.15) is 13.3 Å². The molecule has 2 fully saturated rings. The van der Waals surface area contributed by atoms with Gasteiger partial charge in [-0.25, -0.2) is 12.8 Å². The van der Waals surface area contributed by atoms with Crippen LogP contribution in [0.5, 0.6) is 5.75 Å². The monoisotopic (exact) mass is 387 g/mol. The molecule has 1 aromatic rings. The highest BCUT2D eigenvalue weighted by molar-refractivity contribution is 7.89. The number of sulfonamides is 1. The van der Waals surface area contributed by atoms with Crippen molar-refractivity contribution in [2.45, 2.75) is 18.2 Å². The van der Waals surface area contributed by atoms with Crippen LogP contribution in [0.15, 0.2) is 23.1 Å². The Morgan fingerprint density at radius 3 is 2.77 bits per heavy atom. The molecule has 2 aliphatic rings. The largest absolute Gasteiger partial charge is 0.490 e. The molecule has 9 heteroatoms. The zero-order chi connectivity index (χ0) is 18.9. The number of benzene rings is 1. The first-order chi connectivity index (χ1) is 12.3. The van der Waals surface area contributed by atoms with Crippen molar-refractivity contribution >= 4 is 16.0 Å². The lowest BCUT2D eigenvalue weighted by atomic mass is 9.99. The SMILES string of the molecule is C[C@@H]1CN(S(=O)(=O)c2ccc(OCC3CCOC3)c(F)c2)C[C@H]1C(=O)O. The van der Waals surface area contributed by atoms with Gasteiger partial charge >= 0.3 is 5.97 Å². The summed E-state index contributed by atoms with van der Waals surface area (Å²) in [4.78, 5) is 11.0. The fourth-order valence-corrected chi connectivity index (χ4v) is 4.85. The number of carboxylic acids is 1. The molecule has 3 atom stereocenters. The molecule has 0 spiro atoms. The summed E-state index contributed by atoms with van der Waals surface area (Å²) in [6.07, 6.45) is 0.853. The fraction of sp³-hybridized carbons (Fsp3) is 0.588. The number of halogens is 1. The van der Waals surface area contributed by atoms with Gasteiger partial charge in [-0.05, 0) is 30.5 Å². The van der Waals surface area contributed by atoms with Crippen LogP contribution < -0.4 is 4.74 Å². The zero-order valence-corrected chi connectivity index (χ0v) is 15.2. The van der Waals surface area contributed by atoms with Crippen molar-refractivity contribution in [3.8, 4) is 5.75 Å². The van der Waals surface area contributed by atoms with Crippen molar-refractivity contribution in [1.82, 2.24) is 4.31 Å². The number of hydrogen-bond acceptors (Lipinski definition) is 5. The predicted octanol–water partition coefficient (Wildman–Crippen LogP) is 1.58. The lowest BCUT2D eigenvalue weighted by Crippen LogP contribution is -2.30. The maximum atomic E-state index is 14.3. The Morgan fingerprint density at radius 2 is 2.19 bits per heavy atom. The first-order valence-electron chi connectivity index (χ1n) is 8.52. The minimum Gasteiger partial charge on any atom is -0.490 e. The van der Waals surface area contributed by atoms with Gasteiger partial charge in [-0.3, -0.25) is 4.79 Å². The molecule has 2 heterocycles. The van der Waals surface area contributed by atoms with Gasteiger partial charge < -0.3 is 14.6 Å². The number of aliphatic carboxylic acids is 1. The van der Waals surface area contributed by atoms with Gasteiger partial charge in [-0.1, -0.05) is 6.92 Å². The number of rotatable bonds is 6. The number of nitrogens with zero attached hydrogens (tertiary/aromatic N) is 1. The average molecular weight is 387 g/mol. The molecular weight excluding hydrogens is 365 g/mol. The van der Waals surface area contributed by atoms with Crippen molar-refractivity contribution < 1.29 is 32.2 Å². The van der Waals surface area contributed by atoms with Crippen molar-refractivity contribution in [1.29, 1.82) is 0 Å². The molecule has 1 unspecified atom stereocenters. The number of carboxylic acid groups (broad SMARTS) is 1. The smallest absolute Gasteiger partial charge is 0.308 e. The molecule has 0 saturated carbocycles. The van der Waals surface area contributed by atoms with E-state index in [9.17, 15) is 17.6 Å². The second kappa shape index (κ2) is 7.50. The van der Waals surface area contributed by atoms with Gasteiger partial charge in [0, 0.05) is 25.6 Å². The van der Waals surface area contributed by atoms with E-state index in [1.165, 1.54) is 12.1 Å². The van der Waals surface area contributed by atoms with Gasteiger partial charge in [-0.15, -0.1) is 0 Å². The molecule has 144 valence electrons. The van der Waals surface area contributed by atoms with Crippen LogP contribution in [-0.2, 0) is 19.6 Å². The molecule has 1 N–H and O–H groups in total. The third-order valence-electron chi connectivity index (χ3n) is 4.94. The molecule has 1 aromatic carbocycles. The standard InChI is InChI=1S/C17H22FNO6S/c1-11-7-19(8-14(11)17(20)21)26(22,23)13-2-3-16(15(18)6-13)25-10-12-4-5-24-9-12/h2-3,6,11-12,14H,4-5,7-10H2,1H3,(H,20,21)/t11-,12?,14-/m1/s1. The lowest BCUT2D eigenvalue weighted by Gasteiger charge is -2.17. The average Bonchev–Trinajstić information content (AvgIpc) is 3.23. The van der Waals surface area contributed by atoms with Gasteiger partial charge in [-0.2, -0.15) is 4.31 Å². The Balaban J connectivity index is 1.72. The topological polar surface area (TPSA) is 93.1 Å². The maximum absolute atomic E-state index is 14.3. The van der Waals surface area contributed by atoms with E-state index in [4.69, 9.17) is 14.6 Å². The predicted molar refractivity (Wildman–Crippen MR) is 89.9 cm³/mol. The molecule has 3 rings (SSSR count). The number of ether oxygens (including phenoxy) is 2. The van der Waals surface area contributed by atoms with Gasteiger partial charge in [0.2, 0.25) is 10.0 Å². The van der Waals surface area contributed by atoms with E-state index in [1.54, 1.807) is 6.92 Å². The molecule has 0 aromatic heterocycles. The van der Waals surface area contributed by atoms with E-state index in [1.807, 2.05) is 0 Å². The summed E-state index contributed by atoms with van der Waals surface area (Å²) in [6.45, 7) is 3.23. The Morgan fingerprint density at radius 1 is 1.42 bits per heavy atom. The summed E-state index contributed by atoms with van der Waals surface area (Å²) in [5, 5.41) is 9.16. The van der Waals surface area contributed by atoms with Crippen LogP contribution in [0.4, 0.5) is 4.39 Å². The molecule has 0 amide bonds. The van der Waals surface area contributed by atoms with Crippen LogP contribution in [0.25, 0.3) is 0 Å². The van der Waals surface area contributed by atoms with Crippen LogP contribution in [0.2, 0.25) is 0 Å². The zero-order valence-electron chi connectivity index (χ0n) is 14.4. The van der Waals surface area contributed by atoms with Crippen molar-refractivity contribution in [2.75, 3.05) is 32.9 Å². The van der Waals surface area contributed by atoms with Gasteiger partial charge in [0.1, 0.15) is 0 Å². The quantitative estimate of drug-likeness (QED) is 0.797. The molecule has 0 bridgehead atoms. The molecule has 2 aliphatic heterocycles. The van der Waals surface area contributed by atoms with Crippen molar-refractivity contribution in [3.63, 3.8) is 0 Å². The Kier molecular flexibility index (Phi) is 5.50. The minimum atomic E-state index is -3.95. The normalized spacial score (nSPS) is 26.9. The molecule has 26 heavy (non-hydrogen) atoms.